The lowest BCUT2D eigenvalue weighted by Crippen LogP contribution is -2.71. The molecule has 2 aromatic heterocycles. The van der Waals surface area contributed by atoms with Gasteiger partial charge in [0.1, 0.15) is 27.8 Å². The minimum Gasteiger partial charge on any atom is -0.479 e. The molecule has 13 nitrogen and oxygen atoms in total. The van der Waals surface area contributed by atoms with E-state index in [2.05, 4.69) is 25.7 Å². The van der Waals surface area contributed by atoms with E-state index in [-0.39, 0.29) is 17.1 Å². The van der Waals surface area contributed by atoms with Gasteiger partial charge in [-0.15, -0.1) is 40.0 Å². The summed E-state index contributed by atoms with van der Waals surface area (Å²) in [6.07, 6.45) is 0. The van der Waals surface area contributed by atoms with Gasteiger partial charge in [0.05, 0.1) is 11.2 Å². The minimum atomic E-state index is -1.28. The summed E-state index contributed by atoms with van der Waals surface area (Å²) in [4.78, 5) is 58.4. The third kappa shape index (κ3) is 5.50. The number of carboxylic acid groups (broad SMARTS) is 2. The van der Waals surface area contributed by atoms with E-state index in [4.69, 9.17) is 9.94 Å². The fraction of sp³-hybridized carbons (Fsp3) is 0.300. The average Bonchev–Trinajstić information content (AvgIpc) is 3.38. The smallest absolute Gasteiger partial charge is 0.352 e. The summed E-state index contributed by atoms with van der Waals surface area (Å²) in [6, 6.07) is 2.59. The molecule has 1 unspecified atom stereocenters. The van der Waals surface area contributed by atoms with Crippen LogP contribution >= 0.6 is 34.9 Å². The molecule has 2 aromatic rings. The molecule has 2 amide bonds. The van der Waals surface area contributed by atoms with Gasteiger partial charge in [0, 0.05) is 16.9 Å². The van der Waals surface area contributed by atoms with Crippen molar-refractivity contribution in [3.05, 3.63) is 45.7 Å². The van der Waals surface area contributed by atoms with E-state index in [0.717, 1.165) is 5.69 Å². The first-order chi connectivity index (χ1) is 17.3. The van der Waals surface area contributed by atoms with Crippen molar-refractivity contribution in [2.75, 3.05) is 18.1 Å². The van der Waals surface area contributed by atoms with Crippen LogP contribution in [0.15, 0.2) is 44.5 Å². The molecule has 36 heavy (non-hydrogen) atoms. The number of carbonyl (C=O) groups is 4. The number of thioether (sulfide) groups is 2. The Kier molecular flexibility index (Phi) is 7.85. The van der Waals surface area contributed by atoms with Crippen molar-refractivity contribution in [3.63, 3.8) is 0 Å². The van der Waals surface area contributed by atoms with Gasteiger partial charge in [-0.1, -0.05) is 5.16 Å². The van der Waals surface area contributed by atoms with Gasteiger partial charge in [-0.3, -0.25) is 14.5 Å². The highest BCUT2D eigenvalue weighted by atomic mass is 32.2. The van der Waals surface area contributed by atoms with E-state index < -0.39 is 41.8 Å². The largest absolute Gasteiger partial charge is 0.479 e. The van der Waals surface area contributed by atoms with Gasteiger partial charge in [-0.2, -0.15) is 5.10 Å². The molecule has 2 aliphatic heterocycles. The Morgan fingerprint density at radius 2 is 2.11 bits per heavy atom. The van der Waals surface area contributed by atoms with E-state index in [0.29, 0.717) is 22.1 Å². The molecule has 3 N–H and O–H groups in total. The summed E-state index contributed by atoms with van der Waals surface area (Å²) in [5, 5.41) is 34.2. The Labute approximate surface area is 216 Å². The summed E-state index contributed by atoms with van der Waals surface area (Å²) >= 11 is 3.82. The van der Waals surface area contributed by atoms with Crippen LogP contribution in [0.4, 0.5) is 0 Å². The number of hydrogen-bond acceptors (Lipinski definition) is 12. The molecule has 16 heteroatoms. The van der Waals surface area contributed by atoms with Gasteiger partial charge in [0.15, 0.2) is 5.71 Å². The number of carboxylic acids is 2. The van der Waals surface area contributed by atoms with Crippen molar-refractivity contribution >= 4 is 64.3 Å². The third-order valence-corrected chi connectivity index (χ3v) is 7.87. The summed E-state index contributed by atoms with van der Waals surface area (Å²) in [6.45, 7) is 1.04. The molecule has 1 saturated heterocycles. The second-order valence-electron chi connectivity index (χ2n) is 7.40. The Hall–Kier alpha value is -3.50. The van der Waals surface area contributed by atoms with E-state index in [1.807, 2.05) is 6.92 Å². The first-order valence-electron chi connectivity index (χ1n) is 10.2. The molecule has 4 rings (SSSR count). The highest BCUT2D eigenvalue weighted by molar-refractivity contribution is 8.01. The Morgan fingerprint density at radius 1 is 1.31 bits per heavy atom. The monoisotopic (exact) mass is 550 g/mol. The fourth-order valence-corrected chi connectivity index (χ4v) is 6.15. The Morgan fingerprint density at radius 3 is 2.75 bits per heavy atom. The number of β-lactam (4-membered cyclic amide) rings is 1. The molecular weight excluding hydrogens is 532 g/mol. The molecular formula is C20H18N6O7S3. The van der Waals surface area contributed by atoms with Crippen molar-refractivity contribution < 1.29 is 34.2 Å². The number of aromatic nitrogens is 3. The second-order valence-corrected chi connectivity index (χ2v) is 10.2. The van der Waals surface area contributed by atoms with Gasteiger partial charge in [0.25, 0.3) is 11.8 Å². The number of rotatable bonds is 10. The summed E-state index contributed by atoms with van der Waals surface area (Å²) in [5.41, 5.74) is 2.51. The average molecular weight is 551 g/mol. The van der Waals surface area contributed by atoms with Crippen LogP contribution in [0.1, 0.15) is 11.4 Å². The van der Waals surface area contributed by atoms with E-state index in [1.165, 1.54) is 50.7 Å². The van der Waals surface area contributed by atoms with Gasteiger partial charge in [0.2, 0.25) is 6.61 Å². The summed E-state index contributed by atoms with van der Waals surface area (Å²) in [7, 11) is 0. The van der Waals surface area contributed by atoms with Gasteiger partial charge in [-0.05, 0) is 24.6 Å². The van der Waals surface area contributed by atoms with Gasteiger partial charge < -0.3 is 20.4 Å². The van der Waals surface area contributed by atoms with Crippen LogP contribution in [-0.2, 0) is 24.0 Å². The zero-order valence-electron chi connectivity index (χ0n) is 18.5. The number of aryl methyl sites for hydroxylation is 1. The molecule has 1 fully saturated rings. The van der Waals surface area contributed by atoms with Crippen molar-refractivity contribution in [1.82, 2.24) is 25.4 Å². The van der Waals surface area contributed by atoms with E-state index >= 15 is 0 Å². The number of carbonyl (C=O) groups excluding carboxylic acids is 2. The first kappa shape index (κ1) is 25.6. The topological polar surface area (TPSA) is 184 Å². The van der Waals surface area contributed by atoms with Crippen LogP contribution < -0.4 is 5.32 Å². The molecule has 0 radical (unpaired) electrons. The molecule has 0 spiro atoms. The number of fused-ring (bicyclic) bond motifs is 1. The standard InChI is InChI=1S/C20H18N6O7S3/c1-9-2-3-12(24-23-9)35-5-10-6-36-19-15(18(30)26(19)16(10)20(31)32)22-17(29)14(11-7-34-8-21-11)25-33-4-13(27)28/h2-3,7-8,15,19H,4-6H2,1H3,(H,22,29)(H,27,28)(H,31,32)/b25-14-/t15?,19-/m1/s1. The molecule has 2 aliphatic rings. The number of aliphatic carboxylic acids is 2. The Balaban J connectivity index is 1.47. The number of thiazole rings is 1. The second kappa shape index (κ2) is 11.0. The zero-order chi connectivity index (χ0) is 25.8. The predicted octanol–water partition coefficient (Wildman–Crippen LogP) is 0.578. The lowest BCUT2D eigenvalue weighted by molar-refractivity contribution is -0.150. The normalized spacial score (nSPS) is 19.4. The van der Waals surface area contributed by atoms with Crippen molar-refractivity contribution in [2.24, 2.45) is 5.16 Å². The quantitative estimate of drug-likeness (QED) is 0.162. The molecule has 0 saturated carbocycles. The van der Waals surface area contributed by atoms with E-state index in [9.17, 15) is 24.3 Å². The van der Waals surface area contributed by atoms with Crippen LogP contribution in [0.5, 0.6) is 0 Å². The molecule has 0 aliphatic carbocycles. The molecule has 2 atom stereocenters. The number of oxime groups is 1. The highest BCUT2D eigenvalue weighted by Gasteiger charge is 2.54. The van der Waals surface area contributed by atoms with Crippen LogP contribution in [-0.4, -0.2) is 89.3 Å². The maximum atomic E-state index is 12.9. The SMILES string of the molecule is Cc1ccc(SCC2=C(C(=O)O)N3C(=O)C(NC(=O)/C(=N\OCC(=O)O)c4cscn4)[C@H]3SC2)nn1. The number of hydrogen-bond donors (Lipinski definition) is 3. The number of amides is 2. The maximum Gasteiger partial charge on any atom is 0.352 e. The van der Waals surface area contributed by atoms with Crippen molar-refractivity contribution in [1.29, 1.82) is 0 Å². The predicted molar refractivity (Wildman–Crippen MR) is 129 cm³/mol. The fourth-order valence-electron chi connectivity index (χ4n) is 3.31. The van der Waals surface area contributed by atoms with Gasteiger partial charge in [-0.25, -0.2) is 14.6 Å². The lowest BCUT2D eigenvalue weighted by Gasteiger charge is -2.49. The molecule has 188 valence electrons. The van der Waals surface area contributed by atoms with Crippen LogP contribution in [0.2, 0.25) is 0 Å². The van der Waals surface area contributed by atoms with E-state index in [1.54, 1.807) is 12.1 Å². The number of nitrogens with one attached hydrogen (secondary N) is 1. The molecule has 0 aromatic carbocycles. The summed E-state index contributed by atoms with van der Waals surface area (Å²) in [5.74, 6) is -3.26. The Bertz CT molecular complexity index is 1250. The van der Waals surface area contributed by atoms with Crippen molar-refractivity contribution in [2.45, 2.75) is 23.4 Å². The minimum absolute atomic E-state index is 0.111. The zero-order valence-corrected chi connectivity index (χ0v) is 20.9. The maximum absolute atomic E-state index is 12.9. The third-order valence-electron chi connectivity index (χ3n) is 4.94. The van der Waals surface area contributed by atoms with Gasteiger partial charge >= 0.3 is 11.9 Å². The highest BCUT2D eigenvalue weighted by Crippen LogP contribution is 2.41. The van der Waals surface area contributed by atoms with Crippen LogP contribution in [0.3, 0.4) is 0 Å². The summed E-state index contributed by atoms with van der Waals surface area (Å²) < 4.78 is 0. The van der Waals surface area contributed by atoms with Crippen molar-refractivity contribution in [3.8, 4) is 0 Å². The number of nitrogens with zero attached hydrogens (tertiary/aromatic N) is 5. The first-order valence-corrected chi connectivity index (χ1v) is 13.2. The molecule has 4 heterocycles. The van der Waals surface area contributed by atoms with Crippen LogP contribution in [0.25, 0.3) is 0 Å². The lowest BCUT2D eigenvalue weighted by atomic mass is 10.0. The molecule has 0 bridgehead atoms. The van der Waals surface area contributed by atoms with Crippen LogP contribution in [0, 0.1) is 6.92 Å².